The maximum absolute atomic E-state index is 12.8. The van der Waals surface area contributed by atoms with Gasteiger partial charge in [-0.15, -0.1) is 0 Å². The Morgan fingerprint density at radius 2 is 1.03 bits per heavy atom. The lowest BCUT2D eigenvalue weighted by Gasteiger charge is -2.33. The van der Waals surface area contributed by atoms with E-state index in [4.69, 9.17) is 0 Å². The van der Waals surface area contributed by atoms with Crippen molar-refractivity contribution in [2.24, 2.45) is 0 Å². The summed E-state index contributed by atoms with van der Waals surface area (Å²) in [6.45, 7) is 1.94. The van der Waals surface area contributed by atoms with Gasteiger partial charge < -0.3 is 26.0 Å². The second-order valence-corrected chi connectivity index (χ2v) is 10.5. The van der Waals surface area contributed by atoms with Crippen molar-refractivity contribution in [2.45, 2.75) is 13.0 Å². The molecule has 1 aliphatic rings. The monoisotopic (exact) mass is 582 g/mol. The van der Waals surface area contributed by atoms with Crippen molar-refractivity contribution in [3.8, 4) is 0 Å². The number of hydrogen-bond acceptors (Lipinski definition) is 11. The highest BCUT2D eigenvalue weighted by molar-refractivity contribution is 7.85. The summed E-state index contributed by atoms with van der Waals surface area (Å²) in [5.41, 5.74) is 0. The summed E-state index contributed by atoms with van der Waals surface area (Å²) in [5.74, 6) is -5.84. The lowest BCUT2D eigenvalue weighted by Crippen LogP contribution is -2.54. The average molecular weight is 583 g/mol. The van der Waals surface area contributed by atoms with Crippen molar-refractivity contribution in [2.75, 3.05) is 90.8 Å². The number of amides is 2. The first-order valence-corrected chi connectivity index (χ1v) is 13.9. The highest BCUT2D eigenvalue weighted by Gasteiger charge is 2.27. The largest absolute Gasteiger partial charge is 0.480 e. The fourth-order valence-corrected chi connectivity index (χ4v) is 4.57. The van der Waals surface area contributed by atoms with Crippen LogP contribution in [0.1, 0.15) is 6.92 Å². The first-order chi connectivity index (χ1) is 18.2. The van der Waals surface area contributed by atoms with Gasteiger partial charge in [0, 0.05) is 58.9 Å². The molecule has 0 unspecified atom stereocenters. The van der Waals surface area contributed by atoms with Crippen LogP contribution in [0.5, 0.6) is 0 Å². The highest BCUT2D eigenvalue weighted by Crippen LogP contribution is 2.02. The molecule has 18 heteroatoms. The Morgan fingerprint density at radius 1 is 0.692 bits per heavy atom. The van der Waals surface area contributed by atoms with Crippen LogP contribution < -0.4 is 10.6 Å². The number of likely N-dealkylation sites (N-methyl/N-ethyl adjacent to an activating group) is 1. The second kappa shape index (κ2) is 16.9. The van der Waals surface area contributed by atoms with Crippen molar-refractivity contribution < 1.29 is 52.3 Å². The van der Waals surface area contributed by atoms with Crippen molar-refractivity contribution in [1.29, 1.82) is 0 Å². The number of carboxylic acid groups (broad SMARTS) is 3. The van der Waals surface area contributed by atoms with Gasteiger partial charge in [0.2, 0.25) is 11.8 Å². The third-order valence-corrected chi connectivity index (χ3v) is 6.51. The van der Waals surface area contributed by atoms with Crippen LogP contribution in [0.4, 0.5) is 0 Å². The molecule has 17 nitrogen and oxygen atoms in total. The maximum atomic E-state index is 12.8. The Bertz CT molecular complexity index is 932. The number of nitrogens with zero attached hydrogens (tertiary/aromatic N) is 4. The molecule has 6 N–H and O–H groups in total. The van der Waals surface area contributed by atoms with Crippen LogP contribution in [0.15, 0.2) is 0 Å². The van der Waals surface area contributed by atoms with Gasteiger partial charge in [-0.05, 0) is 6.92 Å². The van der Waals surface area contributed by atoms with Gasteiger partial charge in [-0.1, -0.05) is 0 Å². The molecule has 1 heterocycles. The lowest BCUT2D eigenvalue weighted by molar-refractivity contribution is -0.140. The molecule has 0 spiro atoms. The molecule has 1 rings (SSSR count). The van der Waals surface area contributed by atoms with E-state index >= 15 is 0 Å². The Balaban J connectivity index is 3.06. The van der Waals surface area contributed by atoms with Gasteiger partial charge in [-0.25, -0.2) is 0 Å². The molecule has 1 aliphatic heterocycles. The van der Waals surface area contributed by atoms with Gasteiger partial charge in [-0.2, -0.15) is 8.42 Å². The minimum Gasteiger partial charge on any atom is -0.480 e. The molecule has 0 aromatic rings. The lowest BCUT2D eigenvalue weighted by atomic mass is 10.3. The molecule has 0 bridgehead atoms. The van der Waals surface area contributed by atoms with Crippen LogP contribution in [0.2, 0.25) is 0 Å². The molecular formula is C21H38N6O11S. The first-order valence-electron chi connectivity index (χ1n) is 12.3. The molecule has 1 saturated heterocycles. The third kappa shape index (κ3) is 16.0. The van der Waals surface area contributed by atoms with E-state index < -0.39 is 51.6 Å². The van der Waals surface area contributed by atoms with Crippen LogP contribution in [0.3, 0.4) is 0 Å². The highest BCUT2D eigenvalue weighted by atomic mass is 32.2. The van der Waals surface area contributed by atoms with Crippen molar-refractivity contribution >= 4 is 39.8 Å². The fraction of sp³-hybridized carbons (Fsp3) is 0.762. The molecule has 0 aromatic carbocycles. The molecule has 0 radical (unpaired) electrons. The zero-order valence-electron chi connectivity index (χ0n) is 21.8. The van der Waals surface area contributed by atoms with Crippen molar-refractivity contribution in [3.63, 3.8) is 0 Å². The quantitative estimate of drug-likeness (QED) is 0.113. The summed E-state index contributed by atoms with van der Waals surface area (Å²) in [6, 6.07) is -1.55. The number of aliphatic carboxylic acids is 3. The average Bonchev–Trinajstić information content (AvgIpc) is 2.78. The van der Waals surface area contributed by atoms with Crippen molar-refractivity contribution in [1.82, 2.24) is 30.2 Å². The van der Waals surface area contributed by atoms with Crippen molar-refractivity contribution in [3.05, 3.63) is 0 Å². The zero-order valence-corrected chi connectivity index (χ0v) is 22.6. The topological polar surface area (TPSA) is 237 Å². The van der Waals surface area contributed by atoms with Gasteiger partial charge in [-0.3, -0.25) is 48.1 Å². The number of carbonyl (C=O) groups excluding carboxylic acids is 2. The van der Waals surface area contributed by atoms with Crippen LogP contribution in [0, 0.1) is 0 Å². The Morgan fingerprint density at radius 3 is 1.31 bits per heavy atom. The van der Waals surface area contributed by atoms with Crippen LogP contribution in [-0.4, -0.2) is 174 Å². The minimum absolute atomic E-state index is 0.157. The Labute approximate surface area is 226 Å². The molecular weight excluding hydrogens is 544 g/mol. The molecule has 1 fully saturated rings. The Hall–Kier alpha value is -2.90. The number of carbonyl (C=O) groups is 5. The molecule has 0 saturated carbocycles. The first kappa shape index (κ1) is 34.1. The van der Waals surface area contributed by atoms with E-state index in [1.165, 1.54) is 0 Å². The van der Waals surface area contributed by atoms with E-state index in [2.05, 4.69) is 10.6 Å². The molecule has 2 amide bonds. The molecule has 0 aromatic heterocycles. The SMILES string of the molecule is CCNC(=O)[C@@H](CS(=O)(=O)O)NC(=O)CN1CCN(CC(=O)O)CCN(CC(=O)O)CCN(CC(=O)O)CC1. The van der Waals surface area contributed by atoms with Crippen LogP contribution in [-0.2, 0) is 34.1 Å². The summed E-state index contributed by atoms with van der Waals surface area (Å²) in [4.78, 5) is 65.3. The normalized spacial score (nSPS) is 18.3. The fourth-order valence-electron chi connectivity index (χ4n) is 3.92. The van der Waals surface area contributed by atoms with Crippen LogP contribution in [0.25, 0.3) is 0 Å². The van der Waals surface area contributed by atoms with E-state index in [0.29, 0.717) is 0 Å². The van der Waals surface area contributed by atoms with E-state index in [1.54, 1.807) is 26.5 Å². The summed E-state index contributed by atoms with van der Waals surface area (Å²) in [5, 5.41) is 32.5. The maximum Gasteiger partial charge on any atom is 0.317 e. The summed E-state index contributed by atoms with van der Waals surface area (Å²) < 4.78 is 31.8. The second-order valence-electron chi connectivity index (χ2n) is 9.05. The summed E-state index contributed by atoms with van der Waals surface area (Å²) >= 11 is 0. The summed E-state index contributed by atoms with van der Waals surface area (Å²) in [7, 11) is -4.60. The van der Waals surface area contributed by atoms with Gasteiger partial charge in [0.15, 0.2) is 0 Å². The van der Waals surface area contributed by atoms with E-state index in [-0.39, 0.29) is 85.1 Å². The standard InChI is InChI=1S/C21H38N6O11S/c1-2-22-21(35)16(15-39(36,37)38)23-17(28)11-24-3-5-25(12-18(29)30)7-9-27(14-20(33)34)10-8-26(6-4-24)13-19(31)32/h16H,2-15H2,1H3,(H,22,35)(H,23,28)(H,29,30)(H,31,32)(H,33,34)(H,36,37,38)/t16-/m1/s1. The minimum atomic E-state index is -4.60. The van der Waals surface area contributed by atoms with Gasteiger partial charge in [0.25, 0.3) is 10.1 Å². The zero-order chi connectivity index (χ0) is 29.6. The Kier molecular flexibility index (Phi) is 14.8. The van der Waals surface area contributed by atoms with E-state index in [1.807, 2.05) is 0 Å². The molecule has 224 valence electrons. The van der Waals surface area contributed by atoms with Gasteiger partial charge >= 0.3 is 17.9 Å². The predicted octanol–water partition coefficient (Wildman–Crippen LogP) is -4.03. The summed E-state index contributed by atoms with van der Waals surface area (Å²) in [6.07, 6.45) is 0. The molecule has 39 heavy (non-hydrogen) atoms. The van der Waals surface area contributed by atoms with Crippen LogP contribution >= 0.6 is 0 Å². The number of rotatable bonds is 13. The number of carboxylic acids is 3. The van der Waals surface area contributed by atoms with Gasteiger partial charge in [0.05, 0.1) is 26.2 Å². The van der Waals surface area contributed by atoms with E-state index in [9.17, 15) is 52.3 Å². The molecule has 1 atom stereocenters. The number of nitrogens with one attached hydrogen (secondary N) is 2. The smallest absolute Gasteiger partial charge is 0.317 e. The number of hydrogen-bond donors (Lipinski definition) is 6. The van der Waals surface area contributed by atoms with E-state index in [0.717, 1.165) is 0 Å². The predicted molar refractivity (Wildman–Crippen MR) is 136 cm³/mol. The van der Waals surface area contributed by atoms with Gasteiger partial charge in [0.1, 0.15) is 11.8 Å². The molecule has 0 aliphatic carbocycles. The third-order valence-electron chi connectivity index (χ3n) is 5.75.